The zero-order chi connectivity index (χ0) is 10.5. The molecule has 0 saturated carbocycles. The van der Waals surface area contributed by atoms with Gasteiger partial charge in [-0.2, -0.15) is 0 Å². The maximum atomic E-state index is 11.0. The Morgan fingerprint density at radius 3 is 2.43 bits per heavy atom. The molecule has 1 aromatic carbocycles. The summed E-state index contributed by atoms with van der Waals surface area (Å²) in [4.78, 5) is 0. The fourth-order valence-corrected chi connectivity index (χ4v) is 2.17. The van der Waals surface area contributed by atoms with Gasteiger partial charge < -0.3 is 19.8 Å². The maximum absolute atomic E-state index is 11.0. The van der Waals surface area contributed by atoms with E-state index in [2.05, 4.69) is 8.37 Å². The summed E-state index contributed by atoms with van der Waals surface area (Å²) in [5.41, 5.74) is 11.0. The third-order valence-corrected chi connectivity index (χ3v) is 2.64. The van der Waals surface area contributed by atoms with Gasteiger partial charge in [-0.3, -0.25) is 0 Å². The Hall–Kier alpha value is -1.34. The summed E-state index contributed by atoms with van der Waals surface area (Å²) in [7, 11) is -4.14. The van der Waals surface area contributed by atoms with Crippen molar-refractivity contribution in [3.63, 3.8) is 0 Å². The van der Waals surface area contributed by atoms with Crippen LogP contribution in [0.4, 0.5) is 11.4 Å². The molecular weight excluding hydrogens is 232 g/mol. The highest BCUT2D eigenvalue weighted by atomic mass is 35.5. The lowest BCUT2D eigenvalue weighted by Crippen LogP contribution is -2.23. The van der Waals surface area contributed by atoms with Crippen LogP contribution in [0.2, 0.25) is 5.02 Å². The molecule has 2 bridgehead atoms. The molecule has 0 atom stereocenters. The number of halogens is 1. The van der Waals surface area contributed by atoms with Gasteiger partial charge in [-0.15, -0.1) is 8.42 Å². The van der Waals surface area contributed by atoms with Crippen LogP contribution in [-0.4, -0.2) is 8.42 Å². The molecule has 0 spiro atoms. The number of fused-ring (bicyclic) bond motifs is 2. The molecule has 0 amide bonds. The van der Waals surface area contributed by atoms with E-state index in [0.29, 0.717) is 0 Å². The summed E-state index contributed by atoms with van der Waals surface area (Å²) in [6.07, 6.45) is 0. The first-order valence-corrected chi connectivity index (χ1v) is 5.13. The number of nitrogen functional groups attached to an aromatic ring is 2. The van der Waals surface area contributed by atoms with Crippen molar-refractivity contribution in [3.8, 4) is 11.5 Å². The van der Waals surface area contributed by atoms with E-state index >= 15 is 0 Å². The minimum atomic E-state index is -4.14. The van der Waals surface area contributed by atoms with Crippen LogP contribution in [0.25, 0.3) is 0 Å². The molecule has 1 aromatic rings. The van der Waals surface area contributed by atoms with Crippen molar-refractivity contribution in [1.82, 2.24) is 0 Å². The van der Waals surface area contributed by atoms with Gasteiger partial charge in [0.2, 0.25) is 0 Å². The Bertz CT molecular complexity index is 477. The highest BCUT2D eigenvalue weighted by molar-refractivity contribution is 7.82. The number of hydrogen-bond donors (Lipinski definition) is 2. The Kier molecular flexibility index (Phi) is 1.70. The Labute approximate surface area is 84.7 Å². The van der Waals surface area contributed by atoms with Crippen molar-refractivity contribution >= 4 is 33.4 Å². The molecule has 0 fully saturated rings. The summed E-state index contributed by atoms with van der Waals surface area (Å²) in [6, 6.07) is 1.30. The van der Waals surface area contributed by atoms with Gasteiger partial charge in [-0.25, -0.2) is 0 Å². The smallest absolute Gasteiger partial charge is 0.396 e. The fraction of sp³-hybridized carbons (Fsp3) is 0. The first kappa shape index (κ1) is 9.22. The van der Waals surface area contributed by atoms with E-state index in [9.17, 15) is 8.42 Å². The molecule has 8 heteroatoms. The monoisotopic (exact) mass is 236 g/mol. The quantitative estimate of drug-likeness (QED) is 0.637. The van der Waals surface area contributed by atoms with Crippen molar-refractivity contribution < 1.29 is 16.8 Å². The van der Waals surface area contributed by atoms with Gasteiger partial charge in [0.1, 0.15) is 5.69 Å². The molecule has 0 aliphatic carbocycles. The van der Waals surface area contributed by atoms with Crippen LogP contribution in [-0.2, 0) is 10.4 Å². The van der Waals surface area contributed by atoms with Gasteiger partial charge >= 0.3 is 10.4 Å². The highest BCUT2D eigenvalue weighted by Crippen LogP contribution is 2.46. The molecule has 1 aliphatic heterocycles. The minimum absolute atomic E-state index is 0.0233. The second-order valence-corrected chi connectivity index (χ2v) is 4.15. The van der Waals surface area contributed by atoms with Crippen LogP contribution in [0, 0.1) is 0 Å². The van der Waals surface area contributed by atoms with Gasteiger partial charge in [-0.1, -0.05) is 11.6 Å². The van der Waals surface area contributed by atoms with Crippen LogP contribution in [0.3, 0.4) is 0 Å². The molecule has 76 valence electrons. The zero-order valence-corrected chi connectivity index (χ0v) is 8.22. The number of benzene rings is 1. The molecular formula is C6H5ClN2O4S. The van der Waals surface area contributed by atoms with E-state index in [1.807, 2.05) is 0 Å². The normalized spacial score (nSPS) is 16.9. The third-order valence-electron chi connectivity index (χ3n) is 1.62. The lowest BCUT2D eigenvalue weighted by molar-refractivity contribution is 0.382. The average molecular weight is 237 g/mol. The molecule has 6 nitrogen and oxygen atoms in total. The summed E-state index contributed by atoms with van der Waals surface area (Å²) >= 11 is 5.66. The van der Waals surface area contributed by atoms with Crippen LogP contribution in [0.5, 0.6) is 11.5 Å². The first-order valence-electron chi connectivity index (χ1n) is 3.42. The lowest BCUT2D eigenvalue weighted by Gasteiger charge is -2.20. The van der Waals surface area contributed by atoms with Gasteiger partial charge in [0.15, 0.2) is 11.5 Å². The molecule has 14 heavy (non-hydrogen) atoms. The van der Waals surface area contributed by atoms with Gasteiger partial charge in [-0.05, 0) is 6.07 Å². The lowest BCUT2D eigenvalue weighted by atomic mass is 10.2. The van der Waals surface area contributed by atoms with Crippen molar-refractivity contribution in [2.75, 3.05) is 11.5 Å². The zero-order valence-electron chi connectivity index (χ0n) is 6.65. The van der Waals surface area contributed by atoms with Crippen molar-refractivity contribution in [2.45, 2.75) is 0 Å². The molecule has 0 saturated heterocycles. The van der Waals surface area contributed by atoms with Crippen molar-refractivity contribution in [2.24, 2.45) is 0 Å². The summed E-state index contributed by atoms with van der Waals surface area (Å²) in [5.74, 6) is -0.294. The Balaban J connectivity index is 2.78. The van der Waals surface area contributed by atoms with Gasteiger partial charge in [0, 0.05) is 0 Å². The molecule has 2 rings (SSSR count). The van der Waals surface area contributed by atoms with E-state index in [-0.39, 0.29) is 27.9 Å². The van der Waals surface area contributed by atoms with Crippen LogP contribution in [0.1, 0.15) is 0 Å². The SMILES string of the molecule is Nc1cc(Cl)c2c(N)c1OS(=O)(=O)O2. The van der Waals surface area contributed by atoms with Crippen LogP contribution >= 0.6 is 11.6 Å². The first-order chi connectivity index (χ1) is 6.41. The molecule has 0 aromatic heterocycles. The molecule has 1 aliphatic rings. The van der Waals surface area contributed by atoms with E-state index in [1.54, 1.807) is 0 Å². The van der Waals surface area contributed by atoms with Crippen molar-refractivity contribution in [1.29, 1.82) is 0 Å². The number of anilines is 2. The highest BCUT2D eigenvalue weighted by Gasteiger charge is 2.31. The third kappa shape index (κ3) is 1.21. The van der Waals surface area contributed by atoms with E-state index in [4.69, 9.17) is 23.1 Å². The molecule has 0 unspecified atom stereocenters. The second-order valence-electron chi connectivity index (χ2n) is 2.59. The topological polar surface area (TPSA) is 105 Å². The predicted molar refractivity (Wildman–Crippen MR) is 50.5 cm³/mol. The second kappa shape index (κ2) is 2.58. The standard InChI is InChI=1S/C6H5ClN2O4S/c7-2-1-3(8)6-4(9)5(2)12-14(10,11)13-6/h1H,8-9H2. The maximum Gasteiger partial charge on any atom is 0.501 e. The Morgan fingerprint density at radius 2 is 1.79 bits per heavy atom. The number of rotatable bonds is 0. The Morgan fingerprint density at radius 1 is 1.21 bits per heavy atom. The number of nitrogens with two attached hydrogens (primary N) is 2. The van der Waals surface area contributed by atoms with Crippen LogP contribution < -0.4 is 19.8 Å². The molecule has 0 radical (unpaired) electrons. The largest absolute Gasteiger partial charge is 0.501 e. The predicted octanol–water partition coefficient (Wildman–Crippen LogP) is 0.520. The number of hydrogen-bond acceptors (Lipinski definition) is 6. The van der Waals surface area contributed by atoms with E-state index in [1.165, 1.54) is 6.07 Å². The van der Waals surface area contributed by atoms with Crippen LogP contribution in [0.15, 0.2) is 6.07 Å². The summed E-state index contributed by atoms with van der Waals surface area (Å²) in [6.45, 7) is 0. The summed E-state index contributed by atoms with van der Waals surface area (Å²) in [5, 5.41) is 0.0237. The van der Waals surface area contributed by atoms with E-state index < -0.39 is 10.4 Å². The van der Waals surface area contributed by atoms with Gasteiger partial charge in [0.25, 0.3) is 0 Å². The minimum Gasteiger partial charge on any atom is -0.396 e. The fourth-order valence-electron chi connectivity index (χ4n) is 1.05. The average Bonchev–Trinajstić information content (AvgIpc) is 2.05. The molecule has 4 N–H and O–H groups in total. The van der Waals surface area contributed by atoms with Gasteiger partial charge in [0.05, 0.1) is 10.7 Å². The molecule has 1 heterocycles. The summed E-state index contributed by atoms with van der Waals surface area (Å²) < 4.78 is 30.9. The van der Waals surface area contributed by atoms with Crippen molar-refractivity contribution in [3.05, 3.63) is 11.1 Å². The van der Waals surface area contributed by atoms with E-state index in [0.717, 1.165) is 0 Å².